The lowest BCUT2D eigenvalue weighted by Gasteiger charge is -2.31. The largest absolute Gasteiger partial charge is 0.460 e. The number of anilines is 1. The van der Waals surface area contributed by atoms with Gasteiger partial charge in [-0.3, -0.25) is 23.2 Å². The van der Waals surface area contributed by atoms with Crippen molar-refractivity contribution < 1.29 is 32.3 Å². The number of carbonyl (C=O) groups is 4. The highest BCUT2D eigenvalue weighted by atomic mass is 32.2. The number of likely N-dealkylation sites (tertiary alicyclic amines) is 1. The number of ether oxygens (including phenoxy) is 1. The standard InChI is InChI=1S/C37H44N6O7S2/c1-37(2,3)50-33(45)14-17-42-15-11-26(12-16-42)34(46)38-21-25-7-5-8-27(19-25)28-9-6-10-29(20-28)31-24-51-36(40-31)41-32(44)22-39-35(47)30-13-18-43(23-30)52(4,48)49/h5-10,13,18-20,23-24,26H,11-12,14-17,21-22H2,1-4H3,(H,38,46)(H,39,47)(H,40,41,44). The predicted octanol–water partition coefficient (Wildman–Crippen LogP) is 4.51. The third-order valence-electron chi connectivity index (χ3n) is 8.37. The molecule has 1 aliphatic heterocycles. The van der Waals surface area contributed by atoms with E-state index in [4.69, 9.17) is 4.74 Å². The normalized spacial score (nSPS) is 14.1. The Hall–Kier alpha value is -4.86. The summed E-state index contributed by atoms with van der Waals surface area (Å²) in [7, 11) is -3.52. The number of rotatable bonds is 13. The number of thiazole rings is 1. The first-order valence-corrected chi connectivity index (χ1v) is 19.7. The fourth-order valence-corrected chi connectivity index (χ4v) is 7.04. The maximum Gasteiger partial charge on any atom is 0.307 e. The molecule has 3 amide bonds. The summed E-state index contributed by atoms with van der Waals surface area (Å²) in [5.41, 5.74) is 4.08. The molecule has 52 heavy (non-hydrogen) atoms. The van der Waals surface area contributed by atoms with Crippen LogP contribution in [0.3, 0.4) is 0 Å². The van der Waals surface area contributed by atoms with Crippen LogP contribution in [0.15, 0.2) is 72.4 Å². The van der Waals surface area contributed by atoms with E-state index in [2.05, 4.69) is 31.9 Å². The van der Waals surface area contributed by atoms with E-state index >= 15 is 0 Å². The van der Waals surface area contributed by atoms with Crippen LogP contribution in [-0.2, 0) is 35.7 Å². The quantitative estimate of drug-likeness (QED) is 0.167. The maximum absolute atomic E-state index is 13.0. The molecule has 0 saturated carbocycles. The molecule has 0 atom stereocenters. The molecule has 5 rings (SSSR count). The Morgan fingerprint density at radius 3 is 2.35 bits per heavy atom. The van der Waals surface area contributed by atoms with Gasteiger partial charge in [-0.15, -0.1) is 11.3 Å². The summed E-state index contributed by atoms with van der Waals surface area (Å²) in [5.74, 6) is -1.28. The van der Waals surface area contributed by atoms with Crippen molar-refractivity contribution in [1.82, 2.24) is 24.5 Å². The molecule has 3 N–H and O–H groups in total. The van der Waals surface area contributed by atoms with E-state index in [-0.39, 0.29) is 29.9 Å². The van der Waals surface area contributed by atoms with Gasteiger partial charge in [0.25, 0.3) is 5.91 Å². The molecular weight excluding hydrogens is 705 g/mol. The Bertz CT molecular complexity index is 2020. The van der Waals surface area contributed by atoms with Gasteiger partial charge < -0.3 is 25.6 Å². The van der Waals surface area contributed by atoms with E-state index in [1.54, 1.807) is 0 Å². The minimum atomic E-state index is -3.52. The van der Waals surface area contributed by atoms with Crippen molar-refractivity contribution in [2.24, 2.45) is 5.92 Å². The third-order valence-corrected chi connectivity index (χ3v) is 10.1. The minimum absolute atomic E-state index is 0.0392. The van der Waals surface area contributed by atoms with Gasteiger partial charge in [-0.25, -0.2) is 13.4 Å². The molecule has 1 saturated heterocycles. The van der Waals surface area contributed by atoms with E-state index in [9.17, 15) is 27.6 Å². The molecule has 276 valence electrons. The summed E-state index contributed by atoms with van der Waals surface area (Å²) < 4.78 is 29.6. The first-order chi connectivity index (χ1) is 24.6. The summed E-state index contributed by atoms with van der Waals surface area (Å²) in [6.45, 7) is 7.84. The number of hydrogen-bond donors (Lipinski definition) is 3. The van der Waals surface area contributed by atoms with Crippen molar-refractivity contribution in [2.75, 3.05) is 37.8 Å². The van der Waals surface area contributed by atoms with Gasteiger partial charge in [0, 0.05) is 42.3 Å². The van der Waals surface area contributed by atoms with Crippen molar-refractivity contribution in [2.45, 2.75) is 52.2 Å². The van der Waals surface area contributed by atoms with Gasteiger partial charge in [-0.05, 0) is 81.6 Å². The van der Waals surface area contributed by atoms with Crippen molar-refractivity contribution in [3.8, 4) is 22.4 Å². The molecule has 0 unspecified atom stereocenters. The monoisotopic (exact) mass is 748 g/mol. The SMILES string of the molecule is CC(C)(C)OC(=O)CCN1CCC(C(=O)NCc2cccc(-c3cccc(-c4csc(NC(=O)CNC(=O)c5ccn(S(C)(=O)=O)c5)n4)c3)c2)CC1. The van der Waals surface area contributed by atoms with Crippen LogP contribution < -0.4 is 16.0 Å². The minimum Gasteiger partial charge on any atom is -0.460 e. The average Bonchev–Trinajstić information content (AvgIpc) is 3.80. The van der Waals surface area contributed by atoms with Gasteiger partial charge in [-0.1, -0.05) is 36.4 Å². The molecule has 0 spiro atoms. The second-order valence-corrected chi connectivity index (χ2v) is 16.5. The summed E-state index contributed by atoms with van der Waals surface area (Å²) in [5, 5.41) is 10.5. The number of amides is 3. The third kappa shape index (κ3) is 11.1. The number of nitrogens with one attached hydrogen (secondary N) is 3. The Morgan fingerprint density at radius 1 is 0.962 bits per heavy atom. The molecule has 15 heteroatoms. The topological polar surface area (TPSA) is 169 Å². The number of benzene rings is 2. The van der Waals surface area contributed by atoms with Gasteiger partial charge in [0.05, 0.1) is 30.5 Å². The average molecular weight is 749 g/mol. The van der Waals surface area contributed by atoms with Crippen LogP contribution in [0.4, 0.5) is 5.13 Å². The van der Waals surface area contributed by atoms with E-state index in [1.807, 2.05) is 68.6 Å². The highest BCUT2D eigenvalue weighted by Gasteiger charge is 2.26. The van der Waals surface area contributed by atoms with Gasteiger partial charge in [0.1, 0.15) is 5.60 Å². The Kier molecular flexibility index (Phi) is 12.3. The predicted molar refractivity (Wildman–Crippen MR) is 200 cm³/mol. The lowest BCUT2D eigenvalue weighted by Crippen LogP contribution is -2.41. The fraction of sp³-hybridized carbons (Fsp3) is 0.378. The molecule has 0 aliphatic carbocycles. The van der Waals surface area contributed by atoms with Crippen LogP contribution in [0, 0.1) is 5.92 Å². The molecule has 13 nitrogen and oxygen atoms in total. The highest BCUT2D eigenvalue weighted by molar-refractivity contribution is 7.89. The molecule has 3 heterocycles. The zero-order chi connectivity index (χ0) is 37.5. The van der Waals surface area contributed by atoms with Gasteiger partial charge in [0.15, 0.2) is 5.13 Å². The molecule has 0 radical (unpaired) electrons. The first-order valence-electron chi connectivity index (χ1n) is 17.0. The zero-order valence-corrected chi connectivity index (χ0v) is 31.3. The van der Waals surface area contributed by atoms with Gasteiger partial charge in [-0.2, -0.15) is 0 Å². The molecule has 4 aromatic rings. The Morgan fingerprint density at radius 2 is 1.65 bits per heavy atom. The summed E-state index contributed by atoms with van der Waals surface area (Å²) in [6.07, 6.45) is 5.30. The maximum atomic E-state index is 13.0. The van der Waals surface area contributed by atoms with Crippen molar-refractivity contribution in [3.05, 3.63) is 83.5 Å². The number of piperidine rings is 1. The molecular formula is C37H44N6O7S2. The summed E-state index contributed by atoms with van der Waals surface area (Å²) >= 11 is 1.25. The summed E-state index contributed by atoms with van der Waals surface area (Å²) in [6, 6.07) is 17.2. The Labute approximate surface area is 307 Å². The smallest absolute Gasteiger partial charge is 0.307 e. The molecule has 1 aliphatic rings. The molecule has 0 bridgehead atoms. The lowest BCUT2D eigenvalue weighted by atomic mass is 9.95. The highest BCUT2D eigenvalue weighted by Crippen LogP contribution is 2.29. The second kappa shape index (κ2) is 16.7. The van der Waals surface area contributed by atoms with Crippen LogP contribution in [0.1, 0.15) is 56.0 Å². The van der Waals surface area contributed by atoms with Crippen LogP contribution >= 0.6 is 11.3 Å². The first kappa shape index (κ1) is 38.4. The number of hydrogen-bond acceptors (Lipinski definition) is 10. The molecule has 2 aromatic heterocycles. The lowest BCUT2D eigenvalue weighted by molar-refractivity contribution is -0.155. The number of carbonyl (C=O) groups excluding carboxylic acids is 4. The van der Waals surface area contributed by atoms with E-state index in [1.165, 1.54) is 29.8 Å². The van der Waals surface area contributed by atoms with Crippen LogP contribution in [0.2, 0.25) is 0 Å². The van der Waals surface area contributed by atoms with E-state index < -0.39 is 27.4 Å². The second-order valence-electron chi connectivity index (χ2n) is 13.7. The zero-order valence-electron chi connectivity index (χ0n) is 29.7. The number of esters is 1. The van der Waals surface area contributed by atoms with Crippen molar-refractivity contribution in [3.63, 3.8) is 0 Å². The molecule has 1 fully saturated rings. The summed E-state index contributed by atoms with van der Waals surface area (Å²) in [4.78, 5) is 56.7. The van der Waals surface area contributed by atoms with E-state index in [0.29, 0.717) is 30.3 Å². The van der Waals surface area contributed by atoms with Crippen molar-refractivity contribution in [1.29, 1.82) is 0 Å². The van der Waals surface area contributed by atoms with Crippen LogP contribution in [0.5, 0.6) is 0 Å². The van der Waals surface area contributed by atoms with Gasteiger partial charge >= 0.3 is 5.97 Å². The van der Waals surface area contributed by atoms with Crippen LogP contribution in [0.25, 0.3) is 22.4 Å². The van der Waals surface area contributed by atoms with Gasteiger partial charge in [0.2, 0.25) is 21.8 Å². The Balaban J connectivity index is 1.09. The van der Waals surface area contributed by atoms with Crippen LogP contribution in [-0.4, -0.2) is 84.0 Å². The van der Waals surface area contributed by atoms with E-state index in [0.717, 1.165) is 58.4 Å². The number of aromatic nitrogens is 2. The molecule has 2 aromatic carbocycles. The van der Waals surface area contributed by atoms with Crippen molar-refractivity contribution >= 4 is 50.2 Å². The number of nitrogens with zero attached hydrogens (tertiary/aromatic N) is 3. The fourth-order valence-electron chi connectivity index (χ4n) is 5.72.